The molecule has 0 radical (unpaired) electrons. The molecule has 0 unspecified atom stereocenters. The summed E-state index contributed by atoms with van der Waals surface area (Å²) < 4.78 is 11.0. The number of nitrogen functional groups attached to an aromatic ring is 1. The topological polar surface area (TPSA) is 82.3 Å². The molecule has 0 bridgehead atoms. The van der Waals surface area contributed by atoms with Crippen molar-refractivity contribution in [2.75, 3.05) is 18.8 Å². The Morgan fingerprint density at radius 3 is 2.74 bits per heavy atom. The normalized spacial score (nSPS) is 10.1. The third kappa shape index (κ3) is 2.88. The van der Waals surface area contributed by atoms with E-state index in [-0.39, 0.29) is 0 Å². The Bertz CT molecular complexity index is 565. The molecule has 1 heterocycles. The van der Waals surface area contributed by atoms with E-state index >= 15 is 0 Å². The first kappa shape index (κ1) is 13.4. The van der Waals surface area contributed by atoms with E-state index in [1.165, 1.54) is 13.4 Å². The number of aromatic nitrogens is 2. The molecule has 0 atom stereocenters. The summed E-state index contributed by atoms with van der Waals surface area (Å²) in [6.45, 7) is 0. The number of ether oxygens (including phenoxy) is 2. The van der Waals surface area contributed by atoms with Crippen LogP contribution in [0.5, 0.6) is 17.4 Å². The van der Waals surface area contributed by atoms with Crippen molar-refractivity contribution in [3.8, 4) is 17.4 Å². The van der Waals surface area contributed by atoms with Crippen molar-refractivity contribution in [2.24, 2.45) is 5.84 Å². The van der Waals surface area contributed by atoms with Crippen LogP contribution in [-0.2, 0) is 0 Å². The minimum atomic E-state index is 0.312. The van der Waals surface area contributed by atoms with Gasteiger partial charge in [0.15, 0.2) is 5.82 Å². The molecule has 0 saturated carbocycles. The van der Waals surface area contributed by atoms with E-state index in [1.807, 2.05) is 30.5 Å². The number of nitrogens with zero attached hydrogens (tertiary/aromatic N) is 2. The maximum Gasteiger partial charge on any atom is 0.268 e. The molecule has 0 fully saturated rings. The monoisotopic (exact) mass is 278 g/mol. The Morgan fingerprint density at radius 1 is 1.26 bits per heavy atom. The molecule has 2 aromatic rings. The summed E-state index contributed by atoms with van der Waals surface area (Å²) in [6, 6.07) is 7.67. The molecule has 2 rings (SSSR count). The third-order valence-corrected chi connectivity index (χ3v) is 3.16. The molecule has 0 spiro atoms. The molecular weight excluding hydrogens is 264 g/mol. The van der Waals surface area contributed by atoms with Gasteiger partial charge < -0.3 is 14.9 Å². The lowest BCUT2D eigenvalue weighted by molar-refractivity contribution is 0.366. The van der Waals surface area contributed by atoms with Crippen molar-refractivity contribution in [2.45, 2.75) is 4.90 Å². The largest absolute Gasteiger partial charge is 0.489 e. The van der Waals surface area contributed by atoms with E-state index in [0.29, 0.717) is 23.2 Å². The maximum atomic E-state index is 5.77. The lowest BCUT2D eigenvalue weighted by Gasteiger charge is -2.13. The van der Waals surface area contributed by atoms with Crippen LogP contribution in [0.3, 0.4) is 0 Å². The van der Waals surface area contributed by atoms with Crippen LogP contribution in [0.4, 0.5) is 5.82 Å². The van der Waals surface area contributed by atoms with Gasteiger partial charge in [-0.15, -0.1) is 11.8 Å². The molecule has 1 aromatic heterocycles. The van der Waals surface area contributed by atoms with Gasteiger partial charge in [0, 0.05) is 4.90 Å². The number of methoxy groups -OCH3 is 1. The number of rotatable bonds is 5. The Balaban J connectivity index is 2.38. The first-order chi connectivity index (χ1) is 9.30. The van der Waals surface area contributed by atoms with Crippen molar-refractivity contribution >= 4 is 17.6 Å². The highest BCUT2D eigenvalue weighted by atomic mass is 32.2. The van der Waals surface area contributed by atoms with E-state index in [2.05, 4.69) is 15.4 Å². The number of hydrazine groups is 1. The Kier molecular flexibility index (Phi) is 4.43. The summed E-state index contributed by atoms with van der Waals surface area (Å²) in [4.78, 5) is 9.03. The Labute approximate surface area is 115 Å². The smallest absolute Gasteiger partial charge is 0.268 e. The molecule has 7 heteroatoms. The van der Waals surface area contributed by atoms with Gasteiger partial charge in [-0.2, -0.15) is 4.98 Å². The van der Waals surface area contributed by atoms with Gasteiger partial charge in [-0.25, -0.2) is 10.8 Å². The fourth-order valence-corrected chi connectivity index (χ4v) is 2.05. The second kappa shape index (κ2) is 6.26. The summed E-state index contributed by atoms with van der Waals surface area (Å²) in [6.07, 6.45) is 3.33. The molecule has 0 amide bonds. The summed E-state index contributed by atoms with van der Waals surface area (Å²) in [5, 5.41) is 0. The number of nitrogens with one attached hydrogen (secondary N) is 1. The van der Waals surface area contributed by atoms with Crippen molar-refractivity contribution < 1.29 is 9.47 Å². The van der Waals surface area contributed by atoms with Crippen LogP contribution in [-0.4, -0.2) is 23.3 Å². The molecule has 0 aliphatic heterocycles. The molecule has 100 valence electrons. The molecule has 0 saturated heterocycles. The van der Waals surface area contributed by atoms with Gasteiger partial charge >= 0.3 is 0 Å². The maximum absolute atomic E-state index is 5.77. The van der Waals surface area contributed by atoms with E-state index in [4.69, 9.17) is 15.3 Å². The molecular formula is C12H14N4O2S. The SMILES string of the molecule is COc1c(NN)ncnc1Oc1ccccc1SC. The first-order valence-electron chi connectivity index (χ1n) is 5.46. The molecule has 6 nitrogen and oxygen atoms in total. The second-order valence-corrected chi connectivity index (χ2v) is 4.31. The van der Waals surface area contributed by atoms with E-state index < -0.39 is 0 Å². The fourth-order valence-electron chi connectivity index (χ4n) is 1.52. The van der Waals surface area contributed by atoms with Crippen molar-refractivity contribution in [3.63, 3.8) is 0 Å². The van der Waals surface area contributed by atoms with Crippen LogP contribution in [0.2, 0.25) is 0 Å². The molecule has 0 aliphatic rings. The van der Waals surface area contributed by atoms with Crippen molar-refractivity contribution in [1.82, 2.24) is 9.97 Å². The molecule has 3 N–H and O–H groups in total. The van der Waals surface area contributed by atoms with Gasteiger partial charge in [0.05, 0.1) is 7.11 Å². The van der Waals surface area contributed by atoms with Crippen LogP contribution < -0.4 is 20.7 Å². The number of para-hydroxylation sites is 1. The van der Waals surface area contributed by atoms with Gasteiger partial charge in [0.25, 0.3) is 5.88 Å². The number of hydrogen-bond donors (Lipinski definition) is 2. The van der Waals surface area contributed by atoms with Crippen LogP contribution in [0.1, 0.15) is 0 Å². The van der Waals surface area contributed by atoms with Crippen LogP contribution >= 0.6 is 11.8 Å². The van der Waals surface area contributed by atoms with E-state index in [9.17, 15) is 0 Å². The van der Waals surface area contributed by atoms with Crippen LogP contribution in [0, 0.1) is 0 Å². The van der Waals surface area contributed by atoms with Gasteiger partial charge in [0.1, 0.15) is 12.1 Å². The highest BCUT2D eigenvalue weighted by Crippen LogP contribution is 2.36. The average molecular weight is 278 g/mol. The van der Waals surface area contributed by atoms with Gasteiger partial charge in [-0.1, -0.05) is 12.1 Å². The van der Waals surface area contributed by atoms with Crippen LogP contribution in [0.15, 0.2) is 35.5 Å². The molecule has 0 aliphatic carbocycles. The Hall–Kier alpha value is -1.99. The lowest BCUT2D eigenvalue weighted by Crippen LogP contribution is -2.11. The van der Waals surface area contributed by atoms with Crippen LogP contribution in [0.25, 0.3) is 0 Å². The van der Waals surface area contributed by atoms with E-state index in [0.717, 1.165) is 4.90 Å². The number of nitrogens with two attached hydrogens (primary N) is 1. The zero-order valence-electron chi connectivity index (χ0n) is 10.6. The van der Waals surface area contributed by atoms with E-state index in [1.54, 1.807) is 11.8 Å². The summed E-state index contributed by atoms with van der Waals surface area (Å²) in [7, 11) is 1.51. The molecule has 19 heavy (non-hydrogen) atoms. The fraction of sp³-hybridized carbons (Fsp3) is 0.167. The predicted octanol–water partition coefficient (Wildman–Crippen LogP) is 2.29. The number of benzene rings is 1. The second-order valence-electron chi connectivity index (χ2n) is 3.46. The highest BCUT2D eigenvalue weighted by Gasteiger charge is 2.14. The number of anilines is 1. The molecule has 1 aromatic carbocycles. The predicted molar refractivity (Wildman–Crippen MR) is 74.7 cm³/mol. The minimum absolute atomic E-state index is 0.312. The van der Waals surface area contributed by atoms with Crippen molar-refractivity contribution in [3.05, 3.63) is 30.6 Å². The zero-order chi connectivity index (χ0) is 13.7. The quantitative estimate of drug-likeness (QED) is 0.493. The standard InChI is InChI=1S/C12H14N4O2S/c1-17-10-11(16-13)14-7-15-12(10)18-8-5-3-4-6-9(8)19-2/h3-7H,13H2,1-2H3,(H,14,15,16). The lowest BCUT2D eigenvalue weighted by atomic mass is 10.3. The third-order valence-electron chi connectivity index (χ3n) is 2.39. The number of hydrogen-bond acceptors (Lipinski definition) is 7. The van der Waals surface area contributed by atoms with Gasteiger partial charge in [-0.05, 0) is 18.4 Å². The summed E-state index contributed by atoms with van der Waals surface area (Å²) >= 11 is 1.59. The zero-order valence-corrected chi connectivity index (χ0v) is 11.4. The summed E-state index contributed by atoms with van der Waals surface area (Å²) in [5.41, 5.74) is 2.44. The van der Waals surface area contributed by atoms with Gasteiger partial charge in [-0.3, -0.25) is 0 Å². The first-order valence-corrected chi connectivity index (χ1v) is 6.69. The average Bonchev–Trinajstić information content (AvgIpc) is 2.47. The Morgan fingerprint density at radius 2 is 2.05 bits per heavy atom. The number of thioether (sulfide) groups is 1. The summed E-state index contributed by atoms with van der Waals surface area (Å²) in [5.74, 6) is 7.11. The minimum Gasteiger partial charge on any atom is -0.489 e. The van der Waals surface area contributed by atoms with Crippen molar-refractivity contribution in [1.29, 1.82) is 0 Å². The van der Waals surface area contributed by atoms with Gasteiger partial charge in [0.2, 0.25) is 5.75 Å². The highest BCUT2D eigenvalue weighted by molar-refractivity contribution is 7.98.